The molecule has 1 aromatic rings. The average molecular weight is 454 g/mol. The summed E-state index contributed by atoms with van der Waals surface area (Å²) < 4.78 is 0.899. The van der Waals surface area contributed by atoms with Gasteiger partial charge in [-0.05, 0) is 36.8 Å². The van der Waals surface area contributed by atoms with Crippen molar-refractivity contribution in [3.8, 4) is 0 Å². The molecular formula is C29H45N2O2+. The van der Waals surface area contributed by atoms with Crippen molar-refractivity contribution in [2.24, 2.45) is 17.8 Å². The van der Waals surface area contributed by atoms with E-state index >= 15 is 0 Å². The number of unbranched alkanes of at least 4 members (excludes halogenated alkanes) is 6. The molecule has 5 heterocycles. The number of likely N-dealkylation sites (N-methyl/N-ethyl adjacent to an activating group) is 1. The maximum absolute atomic E-state index is 12.1. The zero-order chi connectivity index (χ0) is 23.0. The Morgan fingerprint density at radius 1 is 1.00 bits per heavy atom. The van der Waals surface area contributed by atoms with Gasteiger partial charge < -0.3 is 15.1 Å². The molecule has 10 atom stereocenters. The molecule has 1 spiro atoms. The Morgan fingerprint density at radius 2 is 1.73 bits per heavy atom. The lowest BCUT2D eigenvalue weighted by atomic mass is 9.60. The summed E-state index contributed by atoms with van der Waals surface area (Å²) in [5.74, 6) is 1.18. The molecule has 0 amide bonds. The number of hydrogen-bond acceptors (Lipinski definition) is 3. The molecule has 7 rings (SSSR count). The molecule has 5 aliphatic heterocycles. The van der Waals surface area contributed by atoms with E-state index in [4.69, 9.17) is 0 Å². The van der Waals surface area contributed by atoms with Crippen LogP contribution in [-0.4, -0.2) is 58.7 Å². The van der Waals surface area contributed by atoms with E-state index in [1.165, 1.54) is 62.6 Å². The van der Waals surface area contributed by atoms with Crippen LogP contribution in [0.25, 0.3) is 0 Å². The Bertz CT molecular complexity index is 890. The molecule has 1 saturated carbocycles. The van der Waals surface area contributed by atoms with Crippen molar-refractivity contribution in [3.05, 3.63) is 29.8 Å². The SMILES string of the molecule is CCCCCCCCC[N@+]12[C@H](O)[C@@H](CC)[C@H]3C[C@H]1[C@@H]1N(C)c4ccccc4[C@]14C[C@H]2[C@@H]3[C@@H]4O. The quantitative estimate of drug-likeness (QED) is 0.416. The van der Waals surface area contributed by atoms with Crippen LogP contribution >= 0.6 is 0 Å². The zero-order valence-corrected chi connectivity index (χ0v) is 21.0. The van der Waals surface area contributed by atoms with Crippen LogP contribution in [0.15, 0.2) is 24.3 Å². The topological polar surface area (TPSA) is 43.7 Å². The summed E-state index contributed by atoms with van der Waals surface area (Å²) in [4.78, 5) is 2.51. The second-order valence-electron chi connectivity index (χ2n) is 12.2. The molecule has 2 N–H and O–H groups in total. The average Bonchev–Trinajstić information content (AvgIpc) is 3.21. The summed E-state index contributed by atoms with van der Waals surface area (Å²) in [6.45, 7) is 5.65. The fourth-order valence-electron chi connectivity index (χ4n) is 10.2. The monoisotopic (exact) mass is 453 g/mol. The molecule has 4 saturated heterocycles. The van der Waals surface area contributed by atoms with Crippen molar-refractivity contribution < 1.29 is 14.7 Å². The van der Waals surface area contributed by atoms with E-state index in [2.05, 4.69) is 50.1 Å². The molecule has 5 bridgehead atoms. The van der Waals surface area contributed by atoms with E-state index in [1.54, 1.807) is 0 Å². The van der Waals surface area contributed by atoms with E-state index in [1.807, 2.05) is 0 Å². The van der Waals surface area contributed by atoms with Crippen LogP contribution in [0.2, 0.25) is 0 Å². The Morgan fingerprint density at radius 3 is 2.48 bits per heavy atom. The van der Waals surface area contributed by atoms with E-state index < -0.39 is 0 Å². The van der Waals surface area contributed by atoms with Gasteiger partial charge in [0.05, 0.1) is 30.1 Å². The van der Waals surface area contributed by atoms with E-state index in [0.29, 0.717) is 35.9 Å². The molecule has 0 aromatic heterocycles. The largest absolute Gasteiger partial charge is 0.392 e. The Labute approximate surface area is 200 Å². The van der Waals surface area contributed by atoms with Crippen LogP contribution in [0.1, 0.15) is 83.6 Å². The molecule has 4 nitrogen and oxygen atoms in total. The molecule has 33 heavy (non-hydrogen) atoms. The molecule has 5 fully saturated rings. The van der Waals surface area contributed by atoms with Gasteiger partial charge in [0.15, 0.2) is 6.23 Å². The van der Waals surface area contributed by atoms with Crippen LogP contribution in [0, 0.1) is 17.8 Å². The van der Waals surface area contributed by atoms with Crippen molar-refractivity contribution in [2.75, 3.05) is 18.5 Å². The first-order valence-electron chi connectivity index (χ1n) is 14.1. The summed E-state index contributed by atoms with van der Waals surface area (Å²) in [6, 6.07) is 10.1. The van der Waals surface area contributed by atoms with Crippen LogP contribution in [0.4, 0.5) is 5.69 Å². The molecule has 0 unspecified atom stereocenters. The lowest BCUT2D eigenvalue weighted by molar-refractivity contribution is -1.04. The van der Waals surface area contributed by atoms with Gasteiger partial charge >= 0.3 is 0 Å². The predicted octanol–water partition coefficient (Wildman–Crippen LogP) is 4.82. The third-order valence-electron chi connectivity index (χ3n) is 11.3. The van der Waals surface area contributed by atoms with Crippen molar-refractivity contribution in [1.29, 1.82) is 0 Å². The first kappa shape index (κ1) is 22.4. The molecule has 182 valence electrons. The minimum Gasteiger partial charge on any atom is -0.392 e. The fourth-order valence-corrected chi connectivity index (χ4v) is 10.2. The highest BCUT2D eigenvalue weighted by Gasteiger charge is 2.82. The fraction of sp³-hybridized carbons (Fsp3) is 0.793. The van der Waals surface area contributed by atoms with Gasteiger partial charge in [-0.15, -0.1) is 0 Å². The Hall–Kier alpha value is -1.10. The normalized spacial score (nSPS) is 46.2. The molecule has 1 aromatic carbocycles. The number of nitrogens with zero attached hydrogens (tertiary/aromatic N) is 2. The maximum atomic E-state index is 12.1. The third-order valence-corrected chi connectivity index (χ3v) is 11.3. The van der Waals surface area contributed by atoms with Crippen LogP contribution < -0.4 is 4.90 Å². The van der Waals surface area contributed by atoms with E-state index in [9.17, 15) is 10.2 Å². The number of aliphatic hydroxyl groups excluding tert-OH is 2. The van der Waals surface area contributed by atoms with E-state index in [-0.39, 0.29) is 17.7 Å². The van der Waals surface area contributed by atoms with Gasteiger partial charge in [-0.3, -0.25) is 4.48 Å². The number of benzene rings is 1. The number of aliphatic hydroxyl groups is 2. The van der Waals surface area contributed by atoms with Crippen molar-refractivity contribution in [1.82, 2.24) is 0 Å². The number of fused-ring (bicyclic) bond motifs is 2. The number of rotatable bonds is 9. The number of piperidine rings is 4. The molecule has 4 heteroatoms. The van der Waals surface area contributed by atoms with Gasteiger partial charge in [-0.2, -0.15) is 0 Å². The second kappa shape index (κ2) is 7.96. The Balaban J connectivity index is 1.36. The van der Waals surface area contributed by atoms with Gasteiger partial charge in [0.25, 0.3) is 0 Å². The smallest absolute Gasteiger partial charge is 0.194 e. The van der Waals surface area contributed by atoms with E-state index in [0.717, 1.165) is 23.9 Å². The van der Waals surface area contributed by atoms with Gasteiger partial charge in [0.2, 0.25) is 0 Å². The zero-order valence-electron chi connectivity index (χ0n) is 21.0. The summed E-state index contributed by atoms with van der Waals surface area (Å²) in [6.07, 6.45) is 12.0. The number of anilines is 1. The first-order valence-corrected chi connectivity index (χ1v) is 14.1. The molecule has 0 radical (unpaired) electrons. The number of para-hydroxylation sites is 1. The standard InChI is InChI=1S/C29H45N2O2/c1-4-6-7-8-9-10-13-16-31-23-17-20(19(5-2)28(31)33)25-24(31)18-29(27(25)32)21-14-11-12-15-22(21)30(3)26(23)29/h11-12,14-15,19-20,23-28,32-33H,4-10,13,16-18H2,1-3H3/q+1/t19-,20+,23-,24-,25+,26-,27-,28+,29+,31-/m0/s1. The maximum Gasteiger partial charge on any atom is 0.194 e. The summed E-state index contributed by atoms with van der Waals surface area (Å²) in [5, 5.41) is 24.1. The first-order chi connectivity index (χ1) is 16.0. The lowest BCUT2D eigenvalue weighted by Crippen LogP contribution is -2.83. The lowest BCUT2D eigenvalue weighted by Gasteiger charge is -2.68. The Kier molecular flexibility index (Phi) is 5.40. The molecule has 6 aliphatic rings. The second-order valence-corrected chi connectivity index (χ2v) is 12.2. The van der Waals surface area contributed by atoms with Gasteiger partial charge in [0.1, 0.15) is 6.04 Å². The third kappa shape index (κ3) is 2.64. The van der Waals surface area contributed by atoms with Crippen molar-refractivity contribution in [2.45, 2.75) is 114 Å². The predicted molar refractivity (Wildman–Crippen MR) is 133 cm³/mol. The highest BCUT2D eigenvalue weighted by atomic mass is 16.3. The highest BCUT2D eigenvalue weighted by molar-refractivity contribution is 5.66. The number of quaternary nitrogens is 1. The van der Waals surface area contributed by atoms with Gasteiger partial charge in [-0.1, -0.05) is 64.2 Å². The van der Waals surface area contributed by atoms with Crippen molar-refractivity contribution >= 4 is 5.69 Å². The summed E-state index contributed by atoms with van der Waals surface area (Å²) in [5.41, 5.74) is 2.58. The minimum absolute atomic E-state index is 0.135. The summed E-state index contributed by atoms with van der Waals surface area (Å²) in [7, 11) is 2.26. The highest BCUT2D eigenvalue weighted by Crippen LogP contribution is 2.71. The summed E-state index contributed by atoms with van der Waals surface area (Å²) >= 11 is 0. The van der Waals surface area contributed by atoms with Crippen molar-refractivity contribution in [3.63, 3.8) is 0 Å². The van der Waals surface area contributed by atoms with Crippen LogP contribution in [0.5, 0.6) is 0 Å². The number of hydrogen-bond donors (Lipinski definition) is 2. The van der Waals surface area contributed by atoms with Gasteiger partial charge in [-0.25, -0.2) is 0 Å². The van der Waals surface area contributed by atoms with Crippen LogP contribution in [-0.2, 0) is 5.41 Å². The molecule has 1 aliphatic carbocycles. The minimum atomic E-state index is -0.274. The van der Waals surface area contributed by atoms with Gasteiger partial charge in [0, 0.05) is 37.4 Å². The molecular weight excluding hydrogens is 408 g/mol. The van der Waals surface area contributed by atoms with Crippen LogP contribution in [0.3, 0.4) is 0 Å².